The highest BCUT2D eigenvalue weighted by molar-refractivity contribution is 7.60. The lowest BCUT2D eigenvalue weighted by molar-refractivity contribution is 0.415. The second-order valence-corrected chi connectivity index (χ2v) is 5.04. The molecule has 0 bridgehead atoms. The molecule has 0 radical (unpaired) electrons. The van der Waals surface area contributed by atoms with Crippen molar-refractivity contribution >= 4 is 13.5 Å². The molecule has 1 aromatic rings. The zero-order valence-corrected chi connectivity index (χ0v) is 8.54. The Morgan fingerprint density at radius 1 is 1.46 bits per heavy atom. The lowest BCUT2D eigenvalue weighted by Gasteiger charge is -2.13. The minimum atomic E-state index is -0.456. The van der Waals surface area contributed by atoms with E-state index in [0.717, 1.165) is 12.8 Å². The highest BCUT2D eigenvalue weighted by Gasteiger charge is 2.27. The monoisotopic (exact) mass is 196 g/mol. The first-order valence-electron chi connectivity index (χ1n) is 4.38. The molecule has 1 aliphatic rings. The molecule has 0 aromatic heterocycles. The van der Waals surface area contributed by atoms with Gasteiger partial charge in [0, 0.05) is 18.6 Å². The summed E-state index contributed by atoms with van der Waals surface area (Å²) >= 11 is 0. The predicted molar refractivity (Wildman–Crippen MR) is 54.6 cm³/mol. The van der Waals surface area contributed by atoms with Crippen molar-refractivity contribution in [3.63, 3.8) is 0 Å². The van der Waals surface area contributed by atoms with Gasteiger partial charge in [-0.25, -0.2) is 0 Å². The van der Waals surface area contributed by atoms with Gasteiger partial charge in [0.05, 0.1) is 20.9 Å². The van der Waals surface area contributed by atoms with Gasteiger partial charge in [-0.1, -0.05) is 30.3 Å². The third kappa shape index (κ3) is 2.50. The van der Waals surface area contributed by atoms with E-state index in [1.165, 1.54) is 5.30 Å². The van der Waals surface area contributed by atoms with Crippen molar-refractivity contribution in [1.82, 2.24) is 0 Å². The molecule has 70 valence electrons. The maximum Gasteiger partial charge on any atom is 0.0873 e. The Balaban J connectivity index is 2.02. The zero-order valence-electron chi connectivity index (χ0n) is 7.64. The number of epoxide rings is 1. The molecule has 2 unspecified atom stereocenters. The first-order valence-corrected chi connectivity index (χ1v) is 5.83. The maximum atomic E-state index is 5.47. The number of rotatable bonds is 4. The third-order valence-corrected chi connectivity index (χ3v) is 4.09. The Labute approximate surface area is 79.7 Å². The van der Waals surface area contributed by atoms with Gasteiger partial charge in [0.15, 0.2) is 0 Å². The Kier molecular flexibility index (Phi) is 2.94. The zero-order chi connectivity index (χ0) is 9.10. The van der Waals surface area contributed by atoms with Gasteiger partial charge in [-0.05, 0) is 0 Å². The van der Waals surface area contributed by atoms with Crippen LogP contribution in [0.2, 0.25) is 0 Å². The van der Waals surface area contributed by atoms with Gasteiger partial charge in [0.2, 0.25) is 0 Å². The molecule has 2 nitrogen and oxygen atoms in total. The van der Waals surface area contributed by atoms with E-state index < -0.39 is 8.15 Å². The molecular formula is C10H13O2P. The van der Waals surface area contributed by atoms with Gasteiger partial charge in [-0.15, -0.1) is 0 Å². The van der Waals surface area contributed by atoms with Crippen LogP contribution in [-0.4, -0.2) is 26.0 Å². The standard InChI is InChI=1S/C10H13O2P/c1-11-13(8-9-7-12-9)10-5-3-2-4-6-10/h2-6,9H,7-8H2,1H3. The fourth-order valence-corrected chi connectivity index (χ4v) is 2.89. The molecule has 1 heterocycles. The van der Waals surface area contributed by atoms with E-state index >= 15 is 0 Å². The summed E-state index contributed by atoms with van der Waals surface area (Å²) in [4.78, 5) is 0. The number of hydrogen-bond donors (Lipinski definition) is 0. The van der Waals surface area contributed by atoms with Crippen molar-refractivity contribution < 1.29 is 9.26 Å². The van der Waals surface area contributed by atoms with Gasteiger partial charge < -0.3 is 9.26 Å². The first kappa shape index (κ1) is 9.14. The van der Waals surface area contributed by atoms with Gasteiger partial charge in [0.1, 0.15) is 0 Å². The maximum absolute atomic E-state index is 5.47. The molecule has 0 aliphatic carbocycles. The lowest BCUT2D eigenvalue weighted by Crippen LogP contribution is -2.07. The second-order valence-electron chi connectivity index (χ2n) is 3.03. The van der Waals surface area contributed by atoms with Crippen LogP contribution in [0, 0.1) is 0 Å². The first-order chi connectivity index (χ1) is 6.40. The SMILES string of the molecule is COP(CC1CO1)c1ccccc1. The second kappa shape index (κ2) is 4.19. The quantitative estimate of drug-likeness (QED) is 0.540. The van der Waals surface area contributed by atoms with Crippen LogP contribution < -0.4 is 5.30 Å². The van der Waals surface area contributed by atoms with E-state index in [1.807, 2.05) is 6.07 Å². The molecule has 0 N–H and O–H groups in total. The van der Waals surface area contributed by atoms with Crippen LogP contribution in [0.5, 0.6) is 0 Å². The molecule has 0 spiro atoms. The van der Waals surface area contributed by atoms with Gasteiger partial charge >= 0.3 is 0 Å². The third-order valence-electron chi connectivity index (χ3n) is 2.04. The Morgan fingerprint density at radius 2 is 2.15 bits per heavy atom. The van der Waals surface area contributed by atoms with Crippen molar-refractivity contribution in [1.29, 1.82) is 0 Å². The molecule has 13 heavy (non-hydrogen) atoms. The van der Waals surface area contributed by atoms with Gasteiger partial charge in [0.25, 0.3) is 0 Å². The minimum absolute atomic E-state index is 0.450. The van der Waals surface area contributed by atoms with Crippen LogP contribution in [0.1, 0.15) is 0 Å². The molecule has 1 fully saturated rings. The van der Waals surface area contributed by atoms with E-state index in [1.54, 1.807) is 7.11 Å². The van der Waals surface area contributed by atoms with Crippen molar-refractivity contribution in [2.24, 2.45) is 0 Å². The van der Waals surface area contributed by atoms with Crippen molar-refractivity contribution in [2.45, 2.75) is 6.10 Å². The molecule has 1 aliphatic heterocycles. The summed E-state index contributed by atoms with van der Waals surface area (Å²) < 4.78 is 10.7. The van der Waals surface area contributed by atoms with Crippen LogP contribution in [0.15, 0.2) is 30.3 Å². The number of benzene rings is 1. The minimum Gasteiger partial charge on any atom is -0.373 e. The van der Waals surface area contributed by atoms with Crippen LogP contribution in [0.4, 0.5) is 0 Å². The fraction of sp³-hybridized carbons (Fsp3) is 0.400. The molecule has 0 amide bonds. The average molecular weight is 196 g/mol. The average Bonchev–Trinajstić information content (AvgIpc) is 2.99. The van der Waals surface area contributed by atoms with E-state index in [4.69, 9.17) is 9.26 Å². The summed E-state index contributed by atoms with van der Waals surface area (Å²) in [6, 6.07) is 10.4. The summed E-state index contributed by atoms with van der Waals surface area (Å²) in [5.74, 6) is 0. The Bertz CT molecular complexity index is 259. The van der Waals surface area contributed by atoms with E-state index in [0.29, 0.717) is 6.10 Å². The van der Waals surface area contributed by atoms with Crippen LogP contribution in [0.3, 0.4) is 0 Å². The summed E-state index contributed by atoms with van der Waals surface area (Å²) in [5.41, 5.74) is 0. The van der Waals surface area contributed by atoms with Crippen molar-refractivity contribution in [3.05, 3.63) is 30.3 Å². The molecule has 0 saturated carbocycles. The summed E-state index contributed by atoms with van der Waals surface area (Å²) in [5, 5.41) is 1.30. The highest BCUT2D eigenvalue weighted by atomic mass is 31.1. The summed E-state index contributed by atoms with van der Waals surface area (Å²) in [6.07, 6.45) is 1.49. The van der Waals surface area contributed by atoms with Gasteiger partial charge in [-0.3, -0.25) is 0 Å². The van der Waals surface area contributed by atoms with Crippen LogP contribution >= 0.6 is 8.15 Å². The molecule has 2 rings (SSSR count). The van der Waals surface area contributed by atoms with Crippen LogP contribution in [-0.2, 0) is 9.26 Å². The smallest absolute Gasteiger partial charge is 0.0873 e. The molecule has 2 atom stereocenters. The topological polar surface area (TPSA) is 21.8 Å². The number of hydrogen-bond acceptors (Lipinski definition) is 2. The predicted octanol–water partition coefficient (Wildman–Crippen LogP) is 1.75. The normalized spacial score (nSPS) is 22.7. The highest BCUT2D eigenvalue weighted by Crippen LogP contribution is 2.38. The van der Waals surface area contributed by atoms with E-state index in [9.17, 15) is 0 Å². The summed E-state index contributed by atoms with van der Waals surface area (Å²) in [7, 11) is 1.32. The largest absolute Gasteiger partial charge is 0.373 e. The number of ether oxygens (including phenoxy) is 1. The lowest BCUT2D eigenvalue weighted by atomic mass is 10.4. The van der Waals surface area contributed by atoms with E-state index in [2.05, 4.69) is 24.3 Å². The fourth-order valence-electron chi connectivity index (χ4n) is 1.24. The van der Waals surface area contributed by atoms with Gasteiger partial charge in [-0.2, -0.15) is 0 Å². The Hall–Kier alpha value is -0.430. The summed E-state index contributed by atoms with van der Waals surface area (Å²) in [6.45, 7) is 0.912. The molecule has 1 saturated heterocycles. The molecular weight excluding hydrogens is 183 g/mol. The van der Waals surface area contributed by atoms with E-state index in [-0.39, 0.29) is 0 Å². The molecule has 1 aromatic carbocycles. The van der Waals surface area contributed by atoms with Crippen molar-refractivity contribution in [2.75, 3.05) is 19.9 Å². The molecule has 3 heteroatoms. The van der Waals surface area contributed by atoms with Crippen molar-refractivity contribution in [3.8, 4) is 0 Å². The Morgan fingerprint density at radius 3 is 2.69 bits per heavy atom. The van der Waals surface area contributed by atoms with Crippen LogP contribution in [0.25, 0.3) is 0 Å².